The third-order valence-electron chi connectivity index (χ3n) is 7.14. The van der Waals surface area contributed by atoms with Crippen LogP contribution in [0.1, 0.15) is 55.2 Å². The molecule has 4 rings (SSSR count). The van der Waals surface area contributed by atoms with Crippen molar-refractivity contribution >= 4 is 52.5 Å². The molecule has 0 atom stereocenters. The molecule has 0 aliphatic heterocycles. The van der Waals surface area contributed by atoms with Gasteiger partial charge in [-0.05, 0) is 61.0 Å². The summed E-state index contributed by atoms with van der Waals surface area (Å²) in [5.41, 5.74) is 8.78. The number of aromatic nitrogens is 3. The van der Waals surface area contributed by atoms with Gasteiger partial charge in [0, 0.05) is 44.0 Å². The van der Waals surface area contributed by atoms with E-state index in [4.69, 9.17) is 10.7 Å². The molecule has 0 saturated carbocycles. The number of aliphatic imine (C=N–C) groups is 1. The van der Waals surface area contributed by atoms with Crippen molar-refractivity contribution in [2.45, 2.75) is 45.6 Å². The maximum absolute atomic E-state index is 13.5. The molecule has 0 aliphatic carbocycles. The van der Waals surface area contributed by atoms with Crippen LogP contribution in [-0.4, -0.2) is 61.9 Å². The van der Waals surface area contributed by atoms with Gasteiger partial charge >= 0.3 is 6.09 Å². The molecule has 0 fully saturated rings. The summed E-state index contributed by atoms with van der Waals surface area (Å²) in [4.78, 5) is 52.4. The van der Waals surface area contributed by atoms with Crippen LogP contribution in [0.5, 0.6) is 0 Å². The number of hydrogen-bond donors (Lipinski definition) is 3. The van der Waals surface area contributed by atoms with E-state index >= 15 is 0 Å². The first-order valence-electron chi connectivity index (χ1n) is 14.6. The number of imidazole rings is 1. The first-order valence-corrected chi connectivity index (χ1v) is 14.6. The Hall–Kier alpha value is -5.26. The fourth-order valence-corrected chi connectivity index (χ4v) is 4.65. The smallest absolute Gasteiger partial charge is 0.412 e. The standard InChI is InChI=1S/C32H38N8O4/c1-3-4-5-8-18-39(32(43)44)22-36-25-13-11-24(12-14-25)35-21-30-37-26-20-23(10-15-27(26)38(30)2)31(42)40(19-16-28(33)41)29-9-6-7-17-34-29/h6-7,9-15,17,20,22,35H,3-5,8,16,18-19,21H2,1-2H3,(H2,33,41)(H,43,44). The fourth-order valence-electron chi connectivity index (χ4n) is 4.65. The number of aryl methyl sites for hydroxylation is 1. The van der Waals surface area contributed by atoms with Gasteiger partial charge in [-0.15, -0.1) is 0 Å². The van der Waals surface area contributed by atoms with E-state index < -0.39 is 12.0 Å². The third kappa shape index (κ3) is 8.40. The molecule has 12 nitrogen and oxygen atoms in total. The zero-order valence-electron chi connectivity index (χ0n) is 25.0. The van der Waals surface area contributed by atoms with Gasteiger partial charge in [-0.25, -0.2) is 19.8 Å². The lowest BCUT2D eigenvalue weighted by Crippen LogP contribution is -2.34. The van der Waals surface area contributed by atoms with Crippen LogP contribution < -0.4 is 16.0 Å². The molecule has 0 bridgehead atoms. The number of carbonyl (C=O) groups is 3. The highest BCUT2D eigenvalue weighted by molar-refractivity contribution is 6.07. The molecule has 0 spiro atoms. The number of primary amides is 1. The number of carboxylic acid groups (broad SMARTS) is 1. The lowest BCUT2D eigenvalue weighted by molar-refractivity contribution is -0.117. The SMILES string of the molecule is CCCCCCN(C=Nc1ccc(NCc2nc3cc(C(=O)N(CCC(N)=O)c4ccccn4)ccc3n2C)cc1)C(=O)O. The van der Waals surface area contributed by atoms with Crippen molar-refractivity contribution in [2.75, 3.05) is 23.3 Å². The minimum atomic E-state index is -1.02. The number of benzene rings is 2. The minimum Gasteiger partial charge on any atom is -0.465 e. The Morgan fingerprint density at radius 1 is 1.05 bits per heavy atom. The number of unbranched alkanes of at least 4 members (excludes halogenated alkanes) is 3. The summed E-state index contributed by atoms with van der Waals surface area (Å²) in [6.45, 7) is 3.08. The van der Waals surface area contributed by atoms with Gasteiger partial charge in [0.15, 0.2) is 0 Å². The molecule has 0 saturated heterocycles. The highest BCUT2D eigenvalue weighted by Crippen LogP contribution is 2.22. The van der Waals surface area contributed by atoms with Crippen molar-refractivity contribution in [3.8, 4) is 0 Å². The predicted molar refractivity (Wildman–Crippen MR) is 171 cm³/mol. The van der Waals surface area contributed by atoms with Crippen LogP contribution in [0.2, 0.25) is 0 Å². The van der Waals surface area contributed by atoms with E-state index in [2.05, 4.69) is 22.2 Å². The molecule has 0 unspecified atom stereocenters. The molecule has 4 aromatic rings. The van der Waals surface area contributed by atoms with Crippen molar-refractivity contribution < 1.29 is 19.5 Å². The van der Waals surface area contributed by atoms with Crippen LogP contribution in [0.15, 0.2) is 71.9 Å². The van der Waals surface area contributed by atoms with Crippen molar-refractivity contribution in [1.29, 1.82) is 0 Å². The van der Waals surface area contributed by atoms with Crippen LogP contribution in [-0.2, 0) is 18.4 Å². The lowest BCUT2D eigenvalue weighted by Gasteiger charge is -2.21. The molecule has 4 N–H and O–H groups in total. The van der Waals surface area contributed by atoms with Crippen LogP contribution in [0, 0.1) is 0 Å². The van der Waals surface area contributed by atoms with Gasteiger partial charge in [0.1, 0.15) is 18.0 Å². The number of rotatable bonds is 15. The van der Waals surface area contributed by atoms with E-state index in [-0.39, 0.29) is 18.9 Å². The molecular formula is C32H38N8O4. The predicted octanol–water partition coefficient (Wildman–Crippen LogP) is 5.32. The van der Waals surface area contributed by atoms with Crippen LogP contribution in [0.3, 0.4) is 0 Å². The first-order chi connectivity index (χ1) is 21.3. The summed E-state index contributed by atoms with van der Waals surface area (Å²) < 4.78 is 1.96. The number of fused-ring (bicyclic) bond motifs is 1. The van der Waals surface area contributed by atoms with Gasteiger partial charge in [0.2, 0.25) is 5.91 Å². The molecule has 44 heavy (non-hydrogen) atoms. The Bertz CT molecular complexity index is 1600. The Kier molecular flexibility index (Phi) is 11.0. The highest BCUT2D eigenvalue weighted by Gasteiger charge is 2.21. The number of carbonyl (C=O) groups excluding carboxylic acids is 2. The van der Waals surface area contributed by atoms with E-state index in [1.807, 2.05) is 41.9 Å². The largest absolute Gasteiger partial charge is 0.465 e. The normalized spacial score (nSPS) is 11.1. The second kappa shape index (κ2) is 15.3. The summed E-state index contributed by atoms with van der Waals surface area (Å²) in [7, 11) is 1.91. The number of anilines is 2. The second-order valence-electron chi connectivity index (χ2n) is 10.3. The van der Waals surface area contributed by atoms with E-state index in [0.717, 1.165) is 42.7 Å². The zero-order valence-corrected chi connectivity index (χ0v) is 25.0. The first kappa shape index (κ1) is 31.7. The second-order valence-corrected chi connectivity index (χ2v) is 10.3. The number of pyridine rings is 1. The average molecular weight is 599 g/mol. The van der Waals surface area contributed by atoms with E-state index in [1.54, 1.807) is 36.5 Å². The van der Waals surface area contributed by atoms with Gasteiger partial charge in [0.25, 0.3) is 5.91 Å². The third-order valence-corrected chi connectivity index (χ3v) is 7.14. The number of amides is 3. The summed E-state index contributed by atoms with van der Waals surface area (Å²) in [6, 6.07) is 17.9. The Labute approximate surface area is 256 Å². The van der Waals surface area contributed by atoms with Crippen LogP contribution in [0.4, 0.5) is 22.0 Å². The molecule has 0 aliphatic rings. The molecule has 2 heterocycles. The van der Waals surface area contributed by atoms with Crippen molar-refractivity contribution in [2.24, 2.45) is 17.8 Å². The highest BCUT2D eigenvalue weighted by atomic mass is 16.4. The average Bonchev–Trinajstić information content (AvgIpc) is 3.34. The minimum absolute atomic E-state index is 0.0111. The van der Waals surface area contributed by atoms with Crippen molar-refractivity contribution in [3.05, 3.63) is 78.2 Å². The summed E-state index contributed by atoms with van der Waals surface area (Å²) in [5.74, 6) is 0.393. The maximum atomic E-state index is 13.5. The zero-order chi connectivity index (χ0) is 31.5. The fraction of sp³-hybridized carbons (Fsp3) is 0.312. The maximum Gasteiger partial charge on any atom is 0.412 e. The number of nitrogens with zero attached hydrogens (tertiary/aromatic N) is 6. The van der Waals surface area contributed by atoms with Crippen LogP contribution in [0.25, 0.3) is 11.0 Å². The Balaban J connectivity index is 1.42. The molecule has 12 heteroatoms. The molecule has 0 radical (unpaired) electrons. The quantitative estimate of drug-likeness (QED) is 0.0948. The van der Waals surface area contributed by atoms with E-state index in [1.165, 1.54) is 16.1 Å². The Morgan fingerprint density at radius 2 is 1.84 bits per heavy atom. The van der Waals surface area contributed by atoms with E-state index in [0.29, 0.717) is 35.7 Å². The molecule has 230 valence electrons. The van der Waals surface area contributed by atoms with Gasteiger partial charge in [-0.1, -0.05) is 32.3 Å². The number of hydrogen-bond acceptors (Lipinski definition) is 7. The molecule has 2 aromatic carbocycles. The van der Waals surface area contributed by atoms with Crippen molar-refractivity contribution in [3.63, 3.8) is 0 Å². The monoisotopic (exact) mass is 598 g/mol. The molecular weight excluding hydrogens is 560 g/mol. The summed E-state index contributed by atoms with van der Waals surface area (Å²) in [6.07, 6.45) is 5.91. The number of nitrogens with two attached hydrogens (primary N) is 1. The van der Waals surface area contributed by atoms with Crippen molar-refractivity contribution in [1.82, 2.24) is 19.4 Å². The van der Waals surface area contributed by atoms with E-state index in [9.17, 15) is 19.5 Å². The molecule has 3 amide bonds. The van der Waals surface area contributed by atoms with Gasteiger partial charge in [0.05, 0.1) is 23.3 Å². The Morgan fingerprint density at radius 3 is 2.52 bits per heavy atom. The van der Waals surface area contributed by atoms with Gasteiger partial charge in [-0.2, -0.15) is 0 Å². The molecule has 2 aromatic heterocycles. The summed E-state index contributed by atoms with van der Waals surface area (Å²) >= 11 is 0. The van der Waals surface area contributed by atoms with Gasteiger partial charge in [-0.3, -0.25) is 19.4 Å². The number of nitrogens with one attached hydrogen (secondary N) is 1. The topological polar surface area (TPSA) is 159 Å². The van der Waals surface area contributed by atoms with Crippen LogP contribution >= 0.6 is 0 Å². The lowest BCUT2D eigenvalue weighted by atomic mass is 10.1. The summed E-state index contributed by atoms with van der Waals surface area (Å²) in [5, 5.41) is 12.8. The van der Waals surface area contributed by atoms with Gasteiger partial charge < -0.3 is 20.7 Å².